The average Bonchev–Trinajstić information content (AvgIpc) is 2.47. The molecule has 0 heterocycles. The fraction of sp³-hybridized carbons (Fsp3) is 0.235. The number of rotatable bonds is 5. The molecule has 0 unspecified atom stereocenters. The van der Waals surface area contributed by atoms with Crippen molar-refractivity contribution in [3.63, 3.8) is 0 Å². The lowest BCUT2D eigenvalue weighted by molar-refractivity contribution is -0.118. The van der Waals surface area contributed by atoms with E-state index in [0.29, 0.717) is 17.0 Å². The van der Waals surface area contributed by atoms with Crippen LogP contribution in [0.5, 0.6) is 5.75 Å². The zero-order valence-electron chi connectivity index (χ0n) is 13.8. The van der Waals surface area contributed by atoms with Gasteiger partial charge in [-0.25, -0.2) is 13.6 Å². The maximum atomic E-state index is 12.0. The summed E-state index contributed by atoms with van der Waals surface area (Å²) in [5.74, 6) is 0.240. The summed E-state index contributed by atoms with van der Waals surface area (Å²) < 4.78 is 28.5. The van der Waals surface area contributed by atoms with Crippen LogP contribution in [-0.4, -0.2) is 20.9 Å². The predicted octanol–water partition coefficient (Wildman–Crippen LogP) is 2.28. The molecule has 2 rings (SSSR count). The Bertz CT molecular complexity index is 876. The highest BCUT2D eigenvalue weighted by atomic mass is 32.2. The molecule has 0 saturated heterocycles. The quantitative estimate of drug-likeness (QED) is 0.866. The monoisotopic (exact) mass is 348 g/mol. The Kier molecular flexibility index (Phi) is 5.26. The molecule has 0 aliphatic rings. The summed E-state index contributed by atoms with van der Waals surface area (Å²) >= 11 is 0. The van der Waals surface area contributed by atoms with Gasteiger partial charge < -0.3 is 10.1 Å². The maximum Gasteiger partial charge on any atom is 0.262 e. The summed E-state index contributed by atoms with van der Waals surface area (Å²) in [6, 6.07) is 10.2. The summed E-state index contributed by atoms with van der Waals surface area (Å²) in [5, 5.41) is 7.75. The van der Waals surface area contributed by atoms with Crippen LogP contribution >= 0.6 is 0 Å². The Balaban J connectivity index is 2.05. The van der Waals surface area contributed by atoms with Gasteiger partial charge in [-0.2, -0.15) is 0 Å². The van der Waals surface area contributed by atoms with Crippen molar-refractivity contribution >= 4 is 21.6 Å². The highest BCUT2D eigenvalue weighted by Gasteiger charge is 2.13. The number of hydrogen-bond donors (Lipinski definition) is 2. The van der Waals surface area contributed by atoms with Crippen LogP contribution < -0.4 is 15.2 Å². The van der Waals surface area contributed by atoms with Crippen molar-refractivity contribution in [2.75, 3.05) is 11.9 Å². The minimum absolute atomic E-state index is 0.0180. The molecule has 0 saturated carbocycles. The first kappa shape index (κ1) is 18.0. The van der Waals surface area contributed by atoms with E-state index in [9.17, 15) is 13.2 Å². The SMILES string of the molecule is Cc1ccc(OCC(=O)Nc2ccc(C)c(S(N)(=O)=O)c2)c(C)c1. The number of ether oxygens (including phenoxy) is 1. The van der Waals surface area contributed by atoms with Gasteiger partial charge in [-0.1, -0.05) is 23.8 Å². The topological polar surface area (TPSA) is 98.5 Å². The van der Waals surface area contributed by atoms with Crippen molar-refractivity contribution in [3.8, 4) is 5.75 Å². The number of carbonyl (C=O) groups excluding carboxylic acids is 1. The van der Waals surface area contributed by atoms with Crippen LogP contribution in [0.25, 0.3) is 0 Å². The van der Waals surface area contributed by atoms with Crippen LogP contribution in [0.2, 0.25) is 0 Å². The van der Waals surface area contributed by atoms with Crippen LogP contribution in [0.1, 0.15) is 16.7 Å². The number of nitrogens with one attached hydrogen (secondary N) is 1. The molecule has 0 atom stereocenters. The van der Waals surface area contributed by atoms with Gasteiger partial charge in [0.2, 0.25) is 10.0 Å². The highest BCUT2D eigenvalue weighted by Crippen LogP contribution is 2.20. The molecule has 0 bridgehead atoms. The molecule has 2 aromatic rings. The third-order valence-corrected chi connectivity index (χ3v) is 4.52. The lowest BCUT2D eigenvalue weighted by Crippen LogP contribution is -2.21. The summed E-state index contributed by atoms with van der Waals surface area (Å²) in [7, 11) is -3.84. The van der Waals surface area contributed by atoms with E-state index in [2.05, 4.69) is 5.32 Å². The largest absolute Gasteiger partial charge is 0.483 e. The van der Waals surface area contributed by atoms with Gasteiger partial charge in [-0.3, -0.25) is 4.79 Å². The van der Waals surface area contributed by atoms with Crippen LogP contribution in [0.15, 0.2) is 41.3 Å². The number of benzene rings is 2. The van der Waals surface area contributed by atoms with Crippen LogP contribution in [0, 0.1) is 20.8 Å². The molecule has 6 nitrogen and oxygen atoms in total. The fourth-order valence-corrected chi connectivity index (χ4v) is 3.09. The number of aryl methyl sites for hydroxylation is 3. The van der Waals surface area contributed by atoms with Crippen molar-refractivity contribution in [2.45, 2.75) is 25.7 Å². The van der Waals surface area contributed by atoms with E-state index in [-0.39, 0.29) is 17.4 Å². The summed E-state index contributed by atoms with van der Waals surface area (Å²) in [4.78, 5) is 12.0. The molecule has 2 aromatic carbocycles. The number of primary sulfonamides is 1. The normalized spacial score (nSPS) is 11.2. The second-order valence-corrected chi connectivity index (χ2v) is 7.16. The van der Waals surface area contributed by atoms with Gasteiger partial charge in [-0.05, 0) is 50.1 Å². The third-order valence-electron chi connectivity index (χ3n) is 3.47. The van der Waals surface area contributed by atoms with Gasteiger partial charge in [0.15, 0.2) is 6.61 Å². The molecule has 0 aliphatic carbocycles. The van der Waals surface area contributed by atoms with Crippen molar-refractivity contribution in [1.29, 1.82) is 0 Å². The van der Waals surface area contributed by atoms with Crippen molar-refractivity contribution in [2.24, 2.45) is 5.14 Å². The third kappa shape index (κ3) is 4.56. The minimum atomic E-state index is -3.84. The number of hydrogen-bond acceptors (Lipinski definition) is 4. The molecule has 0 fully saturated rings. The second kappa shape index (κ2) is 7.02. The van der Waals surface area contributed by atoms with E-state index in [0.717, 1.165) is 11.1 Å². The number of anilines is 1. The van der Waals surface area contributed by atoms with Crippen LogP contribution in [-0.2, 0) is 14.8 Å². The van der Waals surface area contributed by atoms with E-state index in [1.807, 2.05) is 32.0 Å². The smallest absolute Gasteiger partial charge is 0.262 e. The first-order valence-corrected chi connectivity index (χ1v) is 8.85. The van der Waals surface area contributed by atoms with Gasteiger partial charge in [0.1, 0.15) is 5.75 Å². The number of carbonyl (C=O) groups is 1. The van der Waals surface area contributed by atoms with E-state index < -0.39 is 10.0 Å². The Morgan fingerprint density at radius 3 is 2.42 bits per heavy atom. The minimum Gasteiger partial charge on any atom is -0.483 e. The average molecular weight is 348 g/mol. The lowest BCUT2D eigenvalue weighted by Gasteiger charge is -2.11. The van der Waals surface area contributed by atoms with Gasteiger partial charge in [0.05, 0.1) is 4.90 Å². The summed E-state index contributed by atoms with van der Waals surface area (Å²) in [6.45, 7) is 5.33. The van der Waals surface area contributed by atoms with Gasteiger partial charge in [-0.15, -0.1) is 0 Å². The predicted molar refractivity (Wildman–Crippen MR) is 92.6 cm³/mol. The standard InChI is InChI=1S/C17H20N2O4S/c1-11-4-7-15(13(3)8-11)23-10-17(20)19-14-6-5-12(2)16(9-14)24(18,21)22/h4-9H,10H2,1-3H3,(H,19,20)(H2,18,21,22). The fourth-order valence-electron chi connectivity index (χ4n) is 2.29. The molecule has 0 radical (unpaired) electrons. The molecular weight excluding hydrogens is 328 g/mol. The Morgan fingerprint density at radius 2 is 1.79 bits per heavy atom. The molecule has 128 valence electrons. The highest BCUT2D eigenvalue weighted by molar-refractivity contribution is 7.89. The maximum absolute atomic E-state index is 12.0. The second-order valence-electron chi connectivity index (χ2n) is 5.63. The molecule has 0 aromatic heterocycles. The van der Waals surface area contributed by atoms with E-state index in [1.54, 1.807) is 19.1 Å². The molecule has 24 heavy (non-hydrogen) atoms. The van der Waals surface area contributed by atoms with Crippen molar-refractivity contribution in [1.82, 2.24) is 0 Å². The zero-order chi connectivity index (χ0) is 17.9. The number of sulfonamides is 1. The Labute approximate surface area is 141 Å². The number of amides is 1. The molecule has 0 aliphatic heterocycles. The van der Waals surface area contributed by atoms with Crippen LogP contribution in [0.4, 0.5) is 5.69 Å². The molecule has 0 spiro atoms. The van der Waals surface area contributed by atoms with E-state index >= 15 is 0 Å². The molecule has 1 amide bonds. The first-order chi connectivity index (χ1) is 11.2. The van der Waals surface area contributed by atoms with Crippen molar-refractivity contribution in [3.05, 3.63) is 53.1 Å². The van der Waals surface area contributed by atoms with Gasteiger partial charge >= 0.3 is 0 Å². The summed E-state index contributed by atoms with van der Waals surface area (Å²) in [5.41, 5.74) is 2.91. The van der Waals surface area contributed by atoms with Crippen LogP contribution in [0.3, 0.4) is 0 Å². The number of nitrogens with two attached hydrogens (primary N) is 1. The molecule has 3 N–H and O–H groups in total. The summed E-state index contributed by atoms with van der Waals surface area (Å²) in [6.07, 6.45) is 0. The van der Waals surface area contributed by atoms with E-state index in [1.165, 1.54) is 6.07 Å². The molecule has 7 heteroatoms. The van der Waals surface area contributed by atoms with Crippen molar-refractivity contribution < 1.29 is 17.9 Å². The van der Waals surface area contributed by atoms with Gasteiger partial charge in [0.25, 0.3) is 5.91 Å². The molecular formula is C17H20N2O4S. The zero-order valence-corrected chi connectivity index (χ0v) is 14.6. The Hall–Kier alpha value is -2.38. The first-order valence-electron chi connectivity index (χ1n) is 7.30. The Morgan fingerprint density at radius 1 is 1.08 bits per heavy atom. The van der Waals surface area contributed by atoms with E-state index in [4.69, 9.17) is 9.88 Å². The van der Waals surface area contributed by atoms with Gasteiger partial charge in [0, 0.05) is 5.69 Å². The lowest BCUT2D eigenvalue weighted by atomic mass is 10.1.